The van der Waals surface area contributed by atoms with E-state index in [2.05, 4.69) is 22.3 Å². The Bertz CT molecular complexity index is 1250. The van der Waals surface area contributed by atoms with Crippen molar-refractivity contribution in [2.75, 3.05) is 12.3 Å². The van der Waals surface area contributed by atoms with Crippen LogP contribution in [0.5, 0.6) is 0 Å². The molecule has 3 aromatic heterocycles. The standard InChI is InChI=1S/C24H27N7O/c1-2-3-4-5-8-14-27-24(32)20-21-23(30-19-12-7-6-11-18(19)29-21)31(22(20)25)28-16-17-10-9-13-26-15-17/h6-7,9-13,15-16H,2-5,8,14,25H2,1H3,(H,27,32). The van der Waals surface area contributed by atoms with Crippen molar-refractivity contribution >= 4 is 40.1 Å². The molecule has 0 spiro atoms. The van der Waals surface area contributed by atoms with Crippen LogP contribution in [0.1, 0.15) is 54.9 Å². The van der Waals surface area contributed by atoms with Crippen molar-refractivity contribution < 1.29 is 4.79 Å². The monoisotopic (exact) mass is 429 g/mol. The molecule has 0 fully saturated rings. The summed E-state index contributed by atoms with van der Waals surface area (Å²) in [6, 6.07) is 11.2. The SMILES string of the molecule is CCCCCCCNC(=O)c1c(N)n(N=Cc2cccnc2)c2nc3ccccc3nc12. The molecule has 0 atom stereocenters. The minimum atomic E-state index is -0.261. The van der Waals surface area contributed by atoms with Crippen LogP contribution in [-0.4, -0.2) is 38.3 Å². The number of carbonyl (C=O) groups is 1. The van der Waals surface area contributed by atoms with Crippen LogP contribution in [0.4, 0.5) is 5.82 Å². The smallest absolute Gasteiger partial charge is 0.257 e. The lowest BCUT2D eigenvalue weighted by molar-refractivity contribution is 0.0955. The van der Waals surface area contributed by atoms with Crippen LogP contribution in [0.25, 0.3) is 22.2 Å². The van der Waals surface area contributed by atoms with Gasteiger partial charge in [-0.3, -0.25) is 9.78 Å². The van der Waals surface area contributed by atoms with Gasteiger partial charge >= 0.3 is 0 Å². The van der Waals surface area contributed by atoms with E-state index in [1.807, 2.05) is 36.4 Å². The van der Waals surface area contributed by atoms with Gasteiger partial charge in [0.25, 0.3) is 5.91 Å². The van der Waals surface area contributed by atoms with Gasteiger partial charge in [-0.1, -0.05) is 50.8 Å². The van der Waals surface area contributed by atoms with Crippen molar-refractivity contribution in [2.45, 2.75) is 39.0 Å². The number of fused-ring (bicyclic) bond motifs is 2. The third kappa shape index (κ3) is 4.59. The number of rotatable bonds is 9. The Morgan fingerprint density at radius 2 is 1.88 bits per heavy atom. The molecule has 32 heavy (non-hydrogen) atoms. The van der Waals surface area contributed by atoms with Crippen molar-refractivity contribution in [3.05, 3.63) is 59.9 Å². The van der Waals surface area contributed by atoms with E-state index in [4.69, 9.17) is 15.7 Å². The number of anilines is 1. The van der Waals surface area contributed by atoms with Crippen LogP contribution in [0.3, 0.4) is 0 Å². The first-order chi connectivity index (χ1) is 15.7. The van der Waals surface area contributed by atoms with Gasteiger partial charge in [-0.2, -0.15) is 9.78 Å². The number of carbonyl (C=O) groups excluding carboxylic acids is 1. The Balaban J connectivity index is 1.69. The fourth-order valence-corrected chi connectivity index (χ4v) is 3.58. The average molecular weight is 430 g/mol. The van der Waals surface area contributed by atoms with Gasteiger partial charge in [0.05, 0.1) is 17.2 Å². The number of nitrogens with two attached hydrogens (primary N) is 1. The molecule has 4 aromatic rings. The summed E-state index contributed by atoms with van der Waals surface area (Å²) in [6.45, 7) is 2.77. The van der Waals surface area contributed by atoms with Crippen molar-refractivity contribution in [3.8, 4) is 0 Å². The number of nitrogens with one attached hydrogen (secondary N) is 1. The quantitative estimate of drug-likeness (QED) is 0.307. The van der Waals surface area contributed by atoms with Crippen molar-refractivity contribution in [1.82, 2.24) is 24.9 Å². The van der Waals surface area contributed by atoms with Gasteiger partial charge in [-0.15, -0.1) is 0 Å². The number of unbranched alkanes of at least 4 members (excludes halogenated alkanes) is 4. The van der Waals surface area contributed by atoms with Crippen LogP contribution >= 0.6 is 0 Å². The Labute approximate surface area is 186 Å². The van der Waals surface area contributed by atoms with Crippen LogP contribution in [0.2, 0.25) is 0 Å². The number of hydrogen-bond acceptors (Lipinski definition) is 6. The molecule has 0 bridgehead atoms. The largest absolute Gasteiger partial charge is 0.383 e. The summed E-state index contributed by atoms with van der Waals surface area (Å²) in [5.74, 6) is -0.0539. The van der Waals surface area contributed by atoms with Gasteiger partial charge < -0.3 is 11.1 Å². The Kier molecular flexibility index (Phi) is 6.69. The second kappa shape index (κ2) is 10.00. The molecule has 0 radical (unpaired) electrons. The summed E-state index contributed by atoms with van der Waals surface area (Å²) in [5.41, 5.74) is 9.79. The summed E-state index contributed by atoms with van der Waals surface area (Å²) >= 11 is 0. The number of hydrogen-bond donors (Lipinski definition) is 2. The molecule has 0 saturated heterocycles. The average Bonchev–Trinajstić information content (AvgIpc) is 3.09. The fourth-order valence-electron chi connectivity index (χ4n) is 3.58. The molecule has 8 nitrogen and oxygen atoms in total. The lowest BCUT2D eigenvalue weighted by Gasteiger charge is -2.05. The number of nitrogens with zero attached hydrogens (tertiary/aromatic N) is 5. The number of benzene rings is 1. The third-order valence-corrected chi connectivity index (χ3v) is 5.27. The van der Waals surface area contributed by atoms with Crippen molar-refractivity contribution in [1.29, 1.82) is 0 Å². The minimum Gasteiger partial charge on any atom is -0.383 e. The van der Waals surface area contributed by atoms with Crippen LogP contribution in [0, 0.1) is 0 Å². The highest BCUT2D eigenvalue weighted by atomic mass is 16.1. The summed E-state index contributed by atoms with van der Waals surface area (Å²) in [7, 11) is 0. The maximum absolute atomic E-state index is 13.1. The van der Waals surface area contributed by atoms with Crippen LogP contribution in [-0.2, 0) is 0 Å². The normalized spacial score (nSPS) is 11.5. The number of pyridine rings is 1. The lowest BCUT2D eigenvalue weighted by atomic mass is 10.1. The molecule has 4 rings (SSSR count). The number of para-hydroxylation sites is 2. The fraction of sp³-hybridized carbons (Fsp3) is 0.292. The number of amides is 1. The second-order valence-corrected chi connectivity index (χ2v) is 7.66. The molecular weight excluding hydrogens is 402 g/mol. The van der Waals surface area contributed by atoms with E-state index >= 15 is 0 Å². The summed E-state index contributed by atoms with van der Waals surface area (Å²) < 4.78 is 1.47. The highest BCUT2D eigenvalue weighted by Crippen LogP contribution is 2.27. The highest BCUT2D eigenvalue weighted by molar-refractivity contribution is 6.10. The number of nitrogen functional groups attached to an aromatic ring is 1. The summed E-state index contributed by atoms with van der Waals surface area (Å²) in [4.78, 5) is 26.5. The molecular formula is C24H27N7O. The molecule has 1 amide bonds. The van der Waals surface area contributed by atoms with E-state index in [1.165, 1.54) is 23.9 Å². The first-order valence-electron chi connectivity index (χ1n) is 11.0. The zero-order valence-corrected chi connectivity index (χ0v) is 18.2. The molecule has 8 heteroatoms. The Morgan fingerprint density at radius 3 is 2.62 bits per heavy atom. The first-order valence-corrected chi connectivity index (χ1v) is 11.0. The van der Waals surface area contributed by atoms with E-state index in [-0.39, 0.29) is 11.7 Å². The van der Waals surface area contributed by atoms with E-state index in [0.29, 0.717) is 34.3 Å². The maximum Gasteiger partial charge on any atom is 0.257 e. The van der Waals surface area contributed by atoms with E-state index in [9.17, 15) is 4.79 Å². The van der Waals surface area contributed by atoms with Crippen molar-refractivity contribution in [3.63, 3.8) is 0 Å². The first kappa shape index (κ1) is 21.4. The molecule has 0 aliphatic carbocycles. The van der Waals surface area contributed by atoms with Gasteiger partial charge in [0.1, 0.15) is 16.9 Å². The Hall–Kier alpha value is -3.81. The van der Waals surface area contributed by atoms with E-state index < -0.39 is 0 Å². The van der Waals surface area contributed by atoms with Gasteiger partial charge in [-0.05, 0) is 24.6 Å². The van der Waals surface area contributed by atoms with Gasteiger partial charge in [0.2, 0.25) is 0 Å². The van der Waals surface area contributed by atoms with E-state index in [1.54, 1.807) is 18.6 Å². The molecule has 0 unspecified atom stereocenters. The summed E-state index contributed by atoms with van der Waals surface area (Å²) in [5, 5.41) is 7.47. The number of aromatic nitrogens is 4. The second-order valence-electron chi connectivity index (χ2n) is 7.66. The van der Waals surface area contributed by atoms with Gasteiger partial charge in [-0.25, -0.2) is 9.97 Å². The lowest BCUT2D eigenvalue weighted by Crippen LogP contribution is -2.25. The van der Waals surface area contributed by atoms with E-state index in [0.717, 1.165) is 18.4 Å². The topological polar surface area (TPSA) is 111 Å². The molecule has 164 valence electrons. The zero-order chi connectivity index (χ0) is 22.3. The minimum absolute atomic E-state index is 0.207. The van der Waals surface area contributed by atoms with Crippen LogP contribution < -0.4 is 11.1 Å². The predicted octanol–water partition coefficient (Wildman–Crippen LogP) is 4.14. The molecule has 3 N–H and O–H groups in total. The summed E-state index contributed by atoms with van der Waals surface area (Å²) in [6.07, 6.45) is 10.6. The Morgan fingerprint density at radius 1 is 1.09 bits per heavy atom. The van der Waals surface area contributed by atoms with Crippen LogP contribution in [0.15, 0.2) is 53.9 Å². The predicted molar refractivity (Wildman–Crippen MR) is 128 cm³/mol. The highest BCUT2D eigenvalue weighted by Gasteiger charge is 2.23. The zero-order valence-electron chi connectivity index (χ0n) is 18.2. The van der Waals surface area contributed by atoms with Gasteiger partial charge in [0, 0.05) is 24.5 Å². The molecule has 0 saturated carbocycles. The molecule has 0 aliphatic rings. The maximum atomic E-state index is 13.1. The molecule has 0 aliphatic heterocycles. The molecule has 1 aromatic carbocycles. The molecule has 3 heterocycles. The third-order valence-electron chi connectivity index (χ3n) is 5.27. The van der Waals surface area contributed by atoms with Crippen molar-refractivity contribution in [2.24, 2.45) is 5.10 Å². The van der Waals surface area contributed by atoms with Gasteiger partial charge in [0.15, 0.2) is 5.65 Å².